The lowest BCUT2D eigenvalue weighted by Gasteiger charge is -2.18. The highest BCUT2D eigenvalue weighted by molar-refractivity contribution is 5.78. The lowest BCUT2D eigenvalue weighted by Crippen LogP contribution is -2.27. The molecule has 0 radical (unpaired) electrons. The zero-order chi connectivity index (χ0) is 15.2. The number of carbonyl (C=O) groups excluding carboxylic acids is 1. The standard InChI is InChI=1S/C17H26N2O2/c1-13(2)15-10-17(20)19(12-15)8-5-9-21-16-7-4-3-6-14(16)11-18/h3-4,6-7,13,15H,5,8-12,18H2,1-2H3. The average Bonchev–Trinajstić information content (AvgIpc) is 2.85. The van der Waals surface area contributed by atoms with Crippen molar-refractivity contribution >= 4 is 5.91 Å². The van der Waals surface area contributed by atoms with Crippen molar-refractivity contribution in [3.63, 3.8) is 0 Å². The van der Waals surface area contributed by atoms with Crippen molar-refractivity contribution in [3.05, 3.63) is 29.8 Å². The van der Waals surface area contributed by atoms with Gasteiger partial charge in [0.15, 0.2) is 0 Å². The minimum absolute atomic E-state index is 0.288. The molecule has 1 fully saturated rings. The Labute approximate surface area is 127 Å². The SMILES string of the molecule is CC(C)C1CC(=O)N(CCCOc2ccccc2CN)C1. The number of likely N-dealkylation sites (tertiary alicyclic amines) is 1. The minimum atomic E-state index is 0.288. The van der Waals surface area contributed by atoms with E-state index >= 15 is 0 Å². The molecule has 0 aliphatic carbocycles. The van der Waals surface area contributed by atoms with E-state index in [9.17, 15) is 4.79 Å². The van der Waals surface area contributed by atoms with Crippen LogP contribution in [0.3, 0.4) is 0 Å². The lowest BCUT2D eigenvalue weighted by atomic mass is 9.95. The summed E-state index contributed by atoms with van der Waals surface area (Å²) < 4.78 is 5.78. The van der Waals surface area contributed by atoms with E-state index in [1.54, 1.807) is 0 Å². The summed E-state index contributed by atoms with van der Waals surface area (Å²) in [5.41, 5.74) is 6.71. The van der Waals surface area contributed by atoms with Crippen LogP contribution in [0.2, 0.25) is 0 Å². The Balaban J connectivity index is 1.74. The van der Waals surface area contributed by atoms with Crippen molar-refractivity contribution in [2.24, 2.45) is 17.6 Å². The molecule has 21 heavy (non-hydrogen) atoms. The zero-order valence-electron chi connectivity index (χ0n) is 13.0. The van der Waals surface area contributed by atoms with Crippen LogP contribution in [0.4, 0.5) is 0 Å². The predicted molar refractivity (Wildman–Crippen MR) is 84.0 cm³/mol. The summed E-state index contributed by atoms with van der Waals surface area (Å²) in [6, 6.07) is 7.83. The number of hydrogen-bond acceptors (Lipinski definition) is 3. The van der Waals surface area contributed by atoms with Crippen LogP contribution in [-0.4, -0.2) is 30.5 Å². The molecule has 1 unspecified atom stereocenters. The maximum absolute atomic E-state index is 11.9. The van der Waals surface area contributed by atoms with Crippen LogP contribution in [0.5, 0.6) is 5.75 Å². The molecule has 1 aliphatic rings. The van der Waals surface area contributed by atoms with E-state index in [4.69, 9.17) is 10.5 Å². The van der Waals surface area contributed by atoms with Gasteiger partial charge in [-0.3, -0.25) is 4.79 Å². The average molecular weight is 290 g/mol. The maximum atomic E-state index is 11.9. The third-order valence-electron chi connectivity index (χ3n) is 4.21. The molecular weight excluding hydrogens is 264 g/mol. The molecule has 2 N–H and O–H groups in total. The highest BCUT2D eigenvalue weighted by Gasteiger charge is 2.30. The summed E-state index contributed by atoms with van der Waals surface area (Å²) in [6.07, 6.45) is 1.56. The van der Waals surface area contributed by atoms with Gasteiger partial charge in [0, 0.05) is 31.6 Å². The number of ether oxygens (including phenoxy) is 1. The summed E-state index contributed by atoms with van der Waals surface area (Å²) in [6.45, 7) is 7.16. The van der Waals surface area contributed by atoms with Gasteiger partial charge in [0.25, 0.3) is 0 Å². The van der Waals surface area contributed by atoms with Crippen LogP contribution in [0.25, 0.3) is 0 Å². The second-order valence-electron chi connectivity index (χ2n) is 6.06. The van der Waals surface area contributed by atoms with Crippen molar-refractivity contribution in [1.29, 1.82) is 0 Å². The number of para-hydroxylation sites is 1. The van der Waals surface area contributed by atoms with Gasteiger partial charge in [0.2, 0.25) is 5.91 Å². The molecule has 1 amide bonds. The molecule has 4 nitrogen and oxygen atoms in total. The van der Waals surface area contributed by atoms with Gasteiger partial charge in [-0.1, -0.05) is 32.0 Å². The number of nitrogens with zero attached hydrogens (tertiary/aromatic N) is 1. The van der Waals surface area contributed by atoms with Gasteiger partial charge >= 0.3 is 0 Å². The Kier molecular flexibility index (Phi) is 5.62. The van der Waals surface area contributed by atoms with Gasteiger partial charge in [-0.15, -0.1) is 0 Å². The maximum Gasteiger partial charge on any atom is 0.222 e. The van der Waals surface area contributed by atoms with E-state index in [-0.39, 0.29) is 5.91 Å². The van der Waals surface area contributed by atoms with E-state index in [0.717, 1.165) is 30.8 Å². The third kappa shape index (κ3) is 4.21. The molecular formula is C17H26N2O2. The number of benzene rings is 1. The van der Waals surface area contributed by atoms with Gasteiger partial charge in [0.05, 0.1) is 6.61 Å². The molecule has 1 saturated heterocycles. The van der Waals surface area contributed by atoms with Crippen molar-refractivity contribution in [1.82, 2.24) is 4.90 Å². The molecule has 1 atom stereocenters. The Bertz CT molecular complexity index is 474. The zero-order valence-corrected chi connectivity index (χ0v) is 13.0. The summed E-state index contributed by atoms with van der Waals surface area (Å²) in [5.74, 6) is 2.23. The van der Waals surface area contributed by atoms with Crippen LogP contribution < -0.4 is 10.5 Å². The second kappa shape index (κ2) is 7.46. The Morgan fingerprint density at radius 3 is 2.81 bits per heavy atom. The first-order chi connectivity index (χ1) is 10.1. The third-order valence-corrected chi connectivity index (χ3v) is 4.21. The van der Waals surface area contributed by atoms with Crippen LogP contribution in [0.15, 0.2) is 24.3 Å². The monoisotopic (exact) mass is 290 g/mol. The number of rotatable bonds is 7. The van der Waals surface area contributed by atoms with Crippen LogP contribution in [0.1, 0.15) is 32.3 Å². The first-order valence-electron chi connectivity index (χ1n) is 7.80. The van der Waals surface area contributed by atoms with Crippen molar-refractivity contribution in [2.75, 3.05) is 19.7 Å². The smallest absolute Gasteiger partial charge is 0.222 e. The molecule has 0 saturated carbocycles. The van der Waals surface area contributed by atoms with Crippen LogP contribution >= 0.6 is 0 Å². The summed E-state index contributed by atoms with van der Waals surface area (Å²) in [7, 11) is 0. The number of amides is 1. The highest BCUT2D eigenvalue weighted by atomic mass is 16.5. The number of nitrogens with two attached hydrogens (primary N) is 1. The number of carbonyl (C=O) groups is 1. The largest absolute Gasteiger partial charge is 0.493 e. The van der Waals surface area contributed by atoms with Crippen molar-refractivity contribution < 1.29 is 9.53 Å². The Morgan fingerprint density at radius 2 is 2.14 bits per heavy atom. The van der Waals surface area contributed by atoms with Gasteiger partial charge < -0.3 is 15.4 Å². The van der Waals surface area contributed by atoms with Gasteiger partial charge in [-0.2, -0.15) is 0 Å². The van der Waals surface area contributed by atoms with E-state index in [0.29, 0.717) is 31.4 Å². The quantitative estimate of drug-likeness (QED) is 0.785. The summed E-state index contributed by atoms with van der Waals surface area (Å²) in [5, 5.41) is 0. The number of hydrogen-bond donors (Lipinski definition) is 1. The molecule has 1 aliphatic heterocycles. The van der Waals surface area contributed by atoms with Gasteiger partial charge in [0.1, 0.15) is 5.75 Å². The summed E-state index contributed by atoms with van der Waals surface area (Å²) >= 11 is 0. The lowest BCUT2D eigenvalue weighted by molar-refractivity contribution is -0.127. The molecule has 0 bridgehead atoms. The molecule has 116 valence electrons. The van der Waals surface area contributed by atoms with Gasteiger partial charge in [-0.05, 0) is 24.3 Å². The topological polar surface area (TPSA) is 55.6 Å². The highest BCUT2D eigenvalue weighted by Crippen LogP contribution is 2.24. The Hall–Kier alpha value is -1.55. The van der Waals surface area contributed by atoms with Crippen LogP contribution in [-0.2, 0) is 11.3 Å². The van der Waals surface area contributed by atoms with Crippen molar-refractivity contribution in [3.8, 4) is 5.75 Å². The Morgan fingerprint density at radius 1 is 1.38 bits per heavy atom. The molecule has 0 aromatic heterocycles. The van der Waals surface area contributed by atoms with Crippen molar-refractivity contribution in [2.45, 2.75) is 33.2 Å². The van der Waals surface area contributed by atoms with E-state index in [1.165, 1.54) is 0 Å². The van der Waals surface area contributed by atoms with E-state index in [2.05, 4.69) is 13.8 Å². The van der Waals surface area contributed by atoms with Gasteiger partial charge in [-0.25, -0.2) is 0 Å². The minimum Gasteiger partial charge on any atom is -0.493 e. The summed E-state index contributed by atoms with van der Waals surface area (Å²) in [4.78, 5) is 13.9. The molecule has 0 spiro atoms. The normalized spacial score (nSPS) is 18.6. The first kappa shape index (κ1) is 15.8. The fourth-order valence-electron chi connectivity index (χ4n) is 2.72. The first-order valence-corrected chi connectivity index (χ1v) is 7.80. The fourth-order valence-corrected chi connectivity index (χ4v) is 2.72. The molecule has 1 aromatic rings. The molecule has 4 heteroatoms. The van der Waals surface area contributed by atoms with E-state index in [1.807, 2.05) is 29.2 Å². The molecule has 1 heterocycles. The second-order valence-corrected chi connectivity index (χ2v) is 6.06. The molecule has 2 rings (SSSR count). The predicted octanol–water partition coefficient (Wildman–Crippen LogP) is 2.42. The van der Waals surface area contributed by atoms with Crippen LogP contribution in [0, 0.1) is 11.8 Å². The fraction of sp³-hybridized carbons (Fsp3) is 0.588. The van der Waals surface area contributed by atoms with E-state index < -0.39 is 0 Å². The molecule has 1 aromatic carbocycles.